The van der Waals surface area contributed by atoms with Crippen LogP contribution in [0.2, 0.25) is 5.02 Å². The summed E-state index contributed by atoms with van der Waals surface area (Å²) in [5.41, 5.74) is 1.68. The number of nitrogens with one attached hydrogen (secondary N) is 2. The highest BCUT2D eigenvalue weighted by Crippen LogP contribution is 2.20. The maximum absolute atomic E-state index is 12.4. The zero-order valence-corrected chi connectivity index (χ0v) is 19.9. The van der Waals surface area contributed by atoms with E-state index in [2.05, 4.69) is 10.6 Å². The van der Waals surface area contributed by atoms with Gasteiger partial charge in [0.1, 0.15) is 17.5 Å². The number of aliphatic carboxylic acids is 1. The topological polar surface area (TPSA) is 114 Å². The minimum absolute atomic E-state index is 0.0326. The van der Waals surface area contributed by atoms with Crippen molar-refractivity contribution in [3.8, 4) is 11.5 Å². The normalized spacial score (nSPS) is 12.2. The summed E-state index contributed by atoms with van der Waals surface area (Å²) in [5, 5.41) is 15.0. The summed E-state index contributed by atoms with van der Waals surface area (Å²) in [4.78, 5) is 36.4. The molecule has 0 aliphatic rings. The molecule has 3 aromatic rings. The third kappa shape index (κ3) is 7.22. The van der Waals surface area contributed by atoms with Crippen LogP contribution in [0.3, 0.4) is 0 Å². The Morgan fingerprint density at radius 3 is 2.31 bits per heavy atom. The molecule has 0 fully saturated rings. The van der Waals surface area contributed by atoms with E-state index in [0.29, 0.717) is 11.3 Å². The fourth-order valence-corrected chi connectivity index (χ4v) is 3.54. The van der Waals surface area contributed by atoms with Crippen molar-refractivity contribution in [1.82, 2.24) is 10.6 Å². The lowest BCUT2D eigenvalue weighted by molar-refractivity contribution is -0.139. The van der Waals surface area contributed by atoms with E-state index in [0.717, 1.165) is 5.56 Å². The molecule has 0 radical (unpaired) electrons. The molecule has 2 unspecified atom stereocenters. The summed E-state index contributed by atoms with van der Waals surface area (Å²) >= 11 is 6.02. The molecule has 182 valence electrons. The number of ether oxygens (including phenoxy) is 2. The van der Waals surface area contributed by atoms with Crippen LogP contribution in [0.5, 0.6) is 11.5 Å². The molecule has 0 aromatic heterocycles. The molecule has 9 heteroatoms. The highest BCUT2D eigenvalue weighted by molar-refractivity contribution is 6.33. The second-order valence-electron chi connectivity index (χ2n) is 7.72. The standard InChI is InChI=1S/C26H25ClN2O6/c1-16(18-6-5-7-20(15-18)34-2)28-26(33)35-19-12-10-17(11-13-19)14-23(25(31)32)29-24(30)21-8-3-4-9-22(21)27/h3-13,15-16,23H,14H2,1-2H3,(H,28,33)(H,29,30)(H,31,32). The predicted molar refractivity (Wildman–Crippen MR) is 131 cm³/mol. The number of carbonyl (C=O) groups is 3. The van der Waals surface area contributed by atoms with Crippen LogP contribution < -0.4 is 20.1 Å². The van der Waals surface area contributed by atoms with Gasteiger partial charge < -0.3 is 25.2 Å². The monoisotopic (exact) mass is 496 g/mol. The summed E-state index contributed by atoms with van der Waals surface area (Å²) in [5.74, 6) is -0.791. The lowest BCUT2D eigenvalue weighted by atomic mass is 10.1. The fourth-order valence-electron chi connectivity index (χ4n) is 3.32. The van der Waals surface area contributed by atoms with Crippen LogP contribution in [0, 0.1) is 0 Å². The third-order valence-electron chi connectivity index (χ3n) is 5.22. The number of amides is 2. The lowest BCUT2D eigenvalue weighted by Crippen LogP contribution is -2.42. The first-order valence-corrected chi connectivity index (χ1v) is 11.1. The second-order valence-corrected chi connectivity index (χ2v) is 8.13. The number of rotatable bonds is 9. The van der Waals surface area contributed by atoms with Gasteiger partial charge in [0.05, 0.1) is 23.7 Å². The van der Waals surface area contributed by atoms with E-state index < -0.39 is 24.0 Å². The van der Waals surface area contributed by atoms with E-state index in [-0.39, 0.29) is 28.8 Å². The van der Waals surface area contributed by atoms with Crippen LogP contribution in [0.4, 0.5) is 4.79 Å². The third-order valence-corrected chi connectivity index (χ3v) is 5.55. The van der Waals surface area contributed by atoms with Crippen molar-refractivity contribution in [3.63, 3.8) is 0 Å². The van der Waals surface area contributed by atoms with Crippen molar-refractivity contribution in [3.05, 3.63) is 94.5 Å². The van der Waals surface area contributed by atoms with Crippen molar-refractivity contribution >= 4 is 29.6 Å². The predicted octanol–water partition coefficient (Wildman–Crippen LogP) is 4.62. The number of halogens is 1. The van der Waals surface area contributed by atoms with E-state index in [9.17, 15) is 19.5 Å². The summed E-state index contributed by atoms with van der Waals surface area (Å²) in [6, 6.07) is 18.6. The number of hydrogen-bond donors (Lipinski definition) is 3. The van der Waals surface area contributed by atoms with Gasteiger partial charge >= 0.3 is 12.1 Å². The first-order chi connectivity index (χ1) is 16.8. The van der Waals surface area contributed by atoms with E-state index in [1.165, 1.54) is 6.07 Å². The zero-order valence-electron chi connectivity index (χ0n) is 19.2. The zero-order chi connectivity index (χ0) is 25.4. The van der Waals surface area contributed by atoms with Crippen LogP contribution >= 0.6 is 11.6 Å². The maximum atomic E-state index is 12.4. The van der Waals surface area contributed by atoms with E-state index >= 15 is 0 Å². The molecule has 2 amide bonds. The summed E-state index contributed by atoms with van der Waals surface area (Å²) in [6.45, 7) is 1.82. The average Bonchev–Trinajstić information content (AvgIpc) is 2.84. The Bertz CT molecular complexity index is 1200. The average molecular weight is 497 g/mol. The Labute approximate surface area is 207 Å². The van der Waals surface area contributed by atoms with Crippen molar-refractivity contribution in [2.45, 2.75) is 25.4 Å². The van der Waals surface area contributed by atoms with E-state index in [1.807, 2.05) is 31.2 Å². The molecule has 0 saturated carbocycles. The number of carboxylic acids is 1. The largest absolute Gasteiger partial charge is 0.497 e. The lowest BCUT2D eigenvalue weighted by Gasteiger charge is -2.16. The number of carboxylic acid groups (broad SMARTS) is 1. The molecule has 3 aromatic carbocycles. The van der Waals surface area contributed by atoms with Crippen LogP contribution in [-0.4, -0.2) is 36.2 Å². The van der Waals surface area contributed by atoms with Crippen molar-refractivity contribution in [1.29, 1.82) is 0 Å². The molecule has 0 bridgehead atoms. The molecule has 2 atom stereocenters. The van der Waals surface area contributed by atoms with E-state index in [4.69, 9.17) is 21.1 Å². The molecule has 0 saturated heterocycles. The van der Waals surface area contributed by atoms with Gasteiger partial charge in [-0.2, -0.15) is 0 Å². The van der Waals surface area contributed by atoms with Gasteiger partial charge in [-0.1, -0.05) is 48.0 Å². The van der Waals surface area contributed by atoms with Gasteiger partial charge in [0, 0.05) is 6.42 Å². The van der Waals surface area contributed by atoms with Crippen LogP contribution in [0.25, 0.3) is 0 Å². The molecule has 35 heavy (non-hydrogen) atoms. The molecule has 0 aliphatic carbocycles. The summed E-state index contributed by atoms with van der Waals surface area (Å²) < 4.78 is 10.5. The summed E-state index contributed by atoms with van der Waals surface area (Å²) in [7, 11) is 1.57. The van der Waals surface area contributed by atoms with Crippen molar-refractivity contribution in [2.24, 2.45) is 0 Å². The molecule has 3 rings (SSSR count). The second kappa shape index (κ2) is 11.9. The highest BCUT2D eigenvalue weighted by Gasteiger charge is 2.22. The summed E-state index contributed by atoms with van der Waals surface area (Å²) in [6.07, 6.45) is -0.603. The molecule has 3 N–H and O–H groups in total. The maximum Gasteiger partial charge on any atom is 0.413 e. The Morgan fingerprint density at radius 2 is 1.66 bits per heavy atom. The van der Waals surface area contributed by atoms with Crippen molar-refractivity contribution in [2.75, 3.05) is 7.11 Å². The Balaban J connectivity index is 1.58. The number of hydrogen-bond acceptors (Lipinski definition) is 5. The van der Waals surface area contributed by atoms with Gasteiger partial charge in [-0.15, -0.1) is 0 Å². The molecule has 0 aliphatic heterocycles. The van der Waals surface area contributed by atoms with Crippen LogP contribution in [0.15, 0.2) is 72.8 Å². The van der Waals surface area contributed by atoms with Crippen LogP contribution in [0.1, 0.15) is 34.5 Å². The number of benzene rings is 3. The van der Waals surface area contributed by atoms with Gasteiger partial charge in [-0.3, -0.25) is 4.79 Å². The quantitative estimate of drug-likeness (QED) is 0.398. The van der Waals surface area contributed by atoms with Gasteiger partial charge in [0.15, 0.2) is 0 Å². The Morgan fingerprint density at radius 1 is 0.943 bits per heavy atom. The first-order valence-electron chi connectivity index (χ1n) is 10.8. The minimum Gasteiger partial charge on any atom is -0.497 e. The Hall–Kier alpha value is -4.04. The molecular weight excluding hydrogens is 472 g/mol. The molecule has 0 heterocycles. The highest BCUT2D eigenvalue weighted by atomic mass is 35.5. The Kier molecular flexibility index (Phi) is 8.69. The van der Waals surface area contributed by atoms with Gasteiger partial charge in [0.25, 0.3) is 5.91 Å². The minimum atomic E-state index is -1.18. The molecular formula is C26H25ClN2O6. The van der Waals surface area contributed by atoms with E-state index in [1.54, 1.807) is 49.6 Å². The van der Waals surface area contributed by atoms with Crippen LogP contribution in [-0.2, 0) is 11.2 Å². The SMILES string of the molecule is COc1cccc(C(C)NC(=O)Oc2ccc(CC(NC(=O)c3ccccc3Cl)C(=O)O)cc2)c1. The van der Waals surface area contributed by atoms with Gasteiger partial charge in [0.2, 0.25) is 0 Å². The fraction of sp³-hybridized carbons (Fsp3) is 0.192. The molecule has 0 spiro atoms. The van der Waals surface area contributed by atoms with Crippen molar-refractivity contribution < 1.29 is 29.0 Å². The number of carbonyl (C=O) groups excluding carboxylic acids is 2. The molecule has 8 nitrogen and oxygen atoms in total. The number of methoxy groups -OCH3 is 1. The van der Waals surface area contributed by atoms with Gasteiger partial charge in [-0.25, -0.2) is 9.59 Å². The smallest absolute Gasteiger partial charge is 0.413 e. The van der Waals surface area contributed by atoms with Gasteiger partial charge in [-0.05, 0) is 54.4 Å². The first kappa shape index (κ1) is 25.6.